The van der Waals surface area contributed by atoms with Crippen molar-refractivity contribution in [3.05, 3.63) is 35.1 Å². The van der Waals surface area contributed by atoms with Crippen LogP contribution in [0.1, 0.15) is 50.7 Å². The Balaban J connectivity index is 1.33. The number of ether oxygens (including phenoxy) is 6. The quantitative estimate of drug-likeness (QED) is 0.202. The standard InChI is InChI=1S/C31H35NO15/c1-14(28(39)46-19(27(37)38)12-22(34)35)43-29(40)20(44-15(2)33)13-23(36)45-18-7-8-31(41)21-11-16-5-6-17(42-4)25-24(16)30(31,26(18)47-25)9-10-32(21)3/h5-7,14,19-21,26,41H,8-13H2,1-4H3,(H,34,35)(H,37,38)/t14-,19+,20-,21-,26+,30+,31-/m0/s1. The van der Waals surface area contributed by atoms with E-state index in [0.29, 0.717) is 30.9 Å². The van der Waals surface area contributed by atoms with Gasteiger partial charge in [0, 0.05) is 24.9 Å². The first kappa shape index (κ1) is 33.7. The van der Waals surface area contributed by atoms with E-state index in [1.807, 2.05) is 13.1 Å². The van der Waals surface area contributed by atoms with Gasteiger partial charge in [-0.25, -0.2) is 14.4 Å². The lowest BCUT2D eigenvalue weighted by Gasteiger charge is -2.61. The van der Waals surface area contributed by atoms with Crippen molar-refractivity contribution < 1.29 is 72.5 Å². The van der Waals surface area contributed by atoms with Crippen LogP contribution in [0.4, 0.5) is 0 Å². The first-order chi connectivity index (χ1) is 22.1. The molecule has 1 fully saturated rings. The Bertz CT molecular complexity index is 1550. The number of carboxylic acids is 2. The number of esters is 4. The summed E-state index contributed by atoms with van der Waals surface area (Å²) in [5.74, 6) is -6.98. The number of carbonyl (C=O) groups is 6. The molecule has 2 aliphatic carbocycles. The molecule has 2 bridgehead atoms. The van der Waals surface area contributed by atoms with Gasteiger partial charge in [-0.15, -0.1) is 0 Å². The summed E-state index contributed by atoms with van der Waals surface area (Å²) in [5.41, 5.74) is -0.430. The lowest BCUT2D eigenvalue weighted by atomic mass is 9.50. The third kappa shape index (κ3) is 5.75. The zero-order valence-electron chi connectivity index (χ0n) is 26.0. The van der Waals surface area contributed by atoms with Crippen LogP contribution in [0.15, 0.2) is 24.0 Å². The molecule has 1 aromatic carbocycles. The van der Waals surface area contributed by atoms with E-state index < -0.39 is 84.1 Å². The zero-order chi connectivity index (χ0) is 34.4. The van der Waals surface area contributed by atoms with Crippen LogP contribution in [-0.2, 0) is 59.6 Å². The first-order valence-electron chi connectivity index (χ1n) is 14.9. The second-order valence-electron chi connectivity index (χ2n) is 12.0. The van der Waals surface area contributed by atoms with Crippen molar-refractivity contribution >= 4 is 35.8 Å². The molecule has 1 saturated heterocycles. The monoisotopic (exact) mass is 661 g/mol. The number of aliphatic hydroxyl groups is 1. The molecule has 0 unspecified atom stereocenters. The minimum absolute atomic E-state index is 0.0964. The summed E-state index contributed by atoms with van der Waals surface area (Å²) in [4.78, 5) is 74.5. The van der Waals surface area contributed by atoms with Crippen LogP contribution in [0.5, 0.6) is 11.5 Å². The lowest BCUT2D eigenvalue weighted by molar-refractivity contribution is -0.184. The smallest absolute Gasteiger partial charge is 0.348 e. The lowest BCUT2D eigenvalue weighted by Crippen LogP contribution is -2.74. The fourth-order valence-electron chi connectivity index (χ4n) is 7.16. The van der Waals surface area contributed by atoms with Crippen LogP contribution in [0.25, 0.3) is 0 Å². The van der Waals surface area contributed by atoms with E-state index in [-0.39, 0.29) is 18.2 Å². The molecule has 5 rings (SSSR count). The highest BCUT2D eigenvalue weighted by Crippen LogP contribution is 2.65. The summed E-state index contributed by atoms with van der Waals surface area (Å²) >= 11 is 0. The van der Waals surface area contributed by atoms with E-state index in [1.54, 1.807) is 12.1 Å². The molecule has 0 amide bonds. The van der Waals surface area contributed by atoms with E-state index >= 15 is 0 Å². The van der Waals surface area contributed by atoms with E-state index in [1.165, 1.54) is 7.11 Å². The van der Waals surface area contributed by atoms with Gasteiger partial charge in [-0.05, 0) is 51.1 Å². The molecule has 3 N–H and O–H groups in total. The molecular formula is C31H35NO15. The number of rotatable bonds is 12. The normalized spacial score (nSPS) is 27.0. The number of carboxylic acid groups (broad SMARTS) is 2. The summed E-state index contributed by atoms with van der Waals surface area (Å²) in [6.07, 6.45) is -5.73. The van der Waals surface area contributed by atoms with Gasteiger partial charge in [0.1, 0.15) is 5.76 Å². The molecule has 0 aromatic heterocycles. The van der Waals surface area contributed by atoms with E-state index in [4.69, 9.17) is 33.9 Å². The number of piperidine rings is 1. The molecule has 16 nitrogen and oxygen atoms in total. The fraction of sp³-hybridized carbons (Fsp3) is 0.548. The van der Waals surface area contributed by atoms with E-state index in [9.17, 15) is 33.9 Å². The van der Waals surface area contributed by atoms with Crippen molar-refractivity contribution in [1.29, 1.82) is 0 Å². The minimum Gasteiger partial charge on any atom is -0.493 e. The van der Waals surface area contributed by atoms with Gasteiger partial charge >= 0.3 is 35.8 Å². The van der Waals surface area contributed by atoms with Crippen LogP contribution in [0, 0.1) is 0 Å². The van der Waals surface area contributed by atoms with Gasteiger partial charge in [-0.1, -0.05) is 6.07 Å². The number of carbonyl (C=O) groups excluding carboxylic acids is 4. The number of nitrogens with zero attached hydrogens (tertiary/aromatic N) is 1. The average molecular weight is 662 g/mol. The molecule has 0 saturated carbocycles. The largest absolute Gasteiger partial charge is 0.493 e. The van der Waals surface area contributed by atoms with Crippen molar-refractivity contribution in [2.24, 2.45) is 0 Å². The third-order valence-electron chi connectivity index (χ3n) is 9.23. The molecule has 254 valence electrons. The maximum absolute atomic E-state index is 13.3. The third-order valence-corrected chi connectivity index (χ3v) is 9.23. The predicted octanol–water partition coefficient (Wildman–Crippen LogP) is 0.241. The predicted molar refractivity (Wildman–Crippen MR) is 153 cm³/mol. The number of likely N-dealkylation sites (tertiary alicyclic amines) is 1. The fourth-order valence-corrected chi connectivity index (χ4v) is 7.16. The zero-order valence-corrected chi connectivity index (χ0v) is 26.0. The van der Waals surface area contributed by atoms with E-state index in [0.717, 1.165) is 25.0 Å². The highest BCUT2D eigenvalue weighted by molar-refractivity contribution is 5.88. The van der Waals surface area contributed by atoms with Gasteiger partial charge in [0.05, 0.1) is 31.0 Å². The Kier molecular flexibility index (Phi) is 8.94. The van der Waals surface area contributed by atoms with Gasteiger partial charge in [0.15, 0.2) is 23.7 Å². The van der Waals surface area contributed by atoms with Gasteiger partial charge in [-0.3, -0.25) is 14.4 Å². The summed E-state index contributed by atoms with van der Waals surface area (Å²) in [7, 11) is 3.45. The molecule has 0 radical (unpaired) electrons. The van der Waals surface area contributed by atoms with Gasteiger partial charge in [0.25, 0.3) is 0 Å². The van der Waals surface area contributed by atoms with Crippen LogP contribution < -0.4 is 9.47 Å². The minimum atomic E-state index is -2.05. The second-order valence-corrected chi connectivity index (χ2v) is 12.0. The number of aliphatic carboxylic acids is 2. The Hall–Kier alpha value is -4.70. The van der Waals surface area contributed by atoms with E-state index in [2.05, 4.69) is 9.64 Å². The van der Waals surface area contributed by atoms with Crippen molar-refractivity contribution in [1.82, 2.24) is 4.90 Å². The van der Waals surface area contributed by atoms with Crippen LogP contribution in [-0.4, -0.2) is 113 Å². The molecule has 16 heteroatoms. The maximum Gasteiger partial charge on any atom is 0.348 e. The highest BCUT2D eigenvalue weighted by atomic mass is 16.6. The average Bonchev–Trinajstić information content (AvgIpc) is 3.35. The van der Waals surface area contributed by atoms with Crippen LogP contribution in [0.3, 0.4) is 0 Å². The Labute approximate surface area is 268 Å². The van der Waals surface area contributed by atoms with Crippen LogP contribution in [0.2, 0.25) is 0 Å². The number of benzene rings is 1. The molecule has 1 aromatic rings. The van der Waals surface area contributed by atoms with Crippen LogP contribution >= 0.6 is 0 Å². The summed E-state index contributed by atoms with van der Waals surface area (Å²) in [6, 6.07) is 3.49. The Morgan fingerprint density at radius 1 is 1.04 bits per heavy atom. The van der Waals surface area contributed by atoms with Crippen molar-refractivity contribution in [2.75, 3.05) is 20.7 Å². The molecule has 2 heterocycles. The van der Waals surface area contributed by atoms with Gasteiger partial charge in [-0.2, -0.15) is 0 Å². The van der Waals surface area contributed by atoms with Gasteiger partial charge < -0.3 is 48.6 Å². The van der Waals surface area contributed by atoms with Crippen molar-refractivity contribution in [3.63, 3.8) is 0 Å². The highest BCUT2D eigenvalue weighted by Gasteiger charge is 2.72. The SMILES string of the molecule is COc1ccc2c3c1O[C@@H]1C(OC(=O)C[C@H](OC(C)=O)C(=O)O[C@@H](C)C(=O)O[C@H](CC(=O)O)C(=O)O)=CC[C@]4(O)[C@H](C2)N(C)CC[C@@]314. The number of hydrogen-bond acceptors (Lipinski definition) is 14. The first-order valence-corrected chi connectivity index (χ1v) is 14.9. The summed E-state index contributed by atoms with van der Waals surface area (Å²) < 4.78 is 32.3. The Morgan fingerprint density at radius 3 is 2.40 bits per heavy atom. The summed E-state index contributed by atoms with van der Waals surface area (Å²) in [6.45, 7) is 2.63. The number of likely N-dealkylation sites (N-methyl/N-ethyl adjacent to an activating group) is 1. The number of hydrogen-bond donors (Lipinski definition) is 3. The molecule has 1 spiro atoms. The number of methoxy groups -OCH3 is 1. The molecular weight excluding hydrogens is 626 g/mol. The summed E-state index contributed by atoms with van der Waals surface area (Å²) in [5, 5.41) is 30.2. The van der Waals surface area contributed by atoms with Crippen molar-refractivity contribution in [2.45, 2.75) is 87.4 Å². The topological polar surface area (TPSA) is 222 Å². The Morgan fingerprint density at radius 2 is 1.77 bits per heavy atom. The second kappa shape index (κ2) is 12.5. The molecule has 2 aliphatic heterocycles. The molecule has 7 atom stereocenters. The molecule has 4 aliphatic rings. The van der Waals surface area contributed by atoms with Gasteiger partial charge in [0.2, 0.25) is 12.2 Å². The maximum atomic E-state index is 13.3. The van der Waals surface area contributed by atoms with Crippen molar-refractivity contribution in [3.8, 4) is 11.5 Å². The molecule has 47 heavy (non-hydrogen) atoms.